The monoisotopic (exact) mass is 476 g/mol. The number of benzene rings is 2. The third-order valence-electron chi connectivity index (χ3n) is 2.72. The predicted octanol–water partition coefficient (Wildman–Crippen LogP) is 7.97. The number of alkyl halides is 3. The van der Waals surface area contributed by atoms with Crippen LogP contribution in [0, 0.1) is 6.08 Å². The molecule has 0 bridgehead atoms. The van der Waals surface area contributed by atoms with Gasteiger partial charge in [-0.3, -0.25) is 0 Å². The van der Waals surface area contributed by atoms with Crippen molar-refractivity contribution in [3.63, 3.8) is 0 Å². The second-order valence-corrected chi connectivity index (χ2v) is 4.68. The normalized spacial score (nSPS) is 11.1. The van der Waals surface area contributed by atoms with Crippen LogP contribution in [0.5, 0.6) is 0 Å². The van der Waals surface area contributed by atoms with Gasteiger partial charge >= 0.3 is 34.1 Å². The fourth-order valence-corrected chi connectivity index (χ4v) is 1.81. The average Bonchev–Trinajstić information content (AvgIpc) is 2.56. The molecule has 0 radical (unpaired) electrons. The topological polar surface area (TPSA) is 67.0 Å². The van der Waals surface area contributed by atoms with E-state index < -0.39 is 11.2 Å². The molecule has 0 atom stereocenters. The van der Waals surface area contributed by atoms with E-state index in [0.717, 1.165) is 11.6 Å². The predicted molar refractivity (Wildman–Crippen MR) is 99.1 cm³/mol. The van der Waals surface area contributed by atoms with Crippen LogP contribution in [0.2, 0.25) is 0 Å². The van der Waals surface area contributed by atoms with Gasteiger partial charge in [-0.1, -0.05) is 53.1 Å². The zero-order valence-electron chi connectivity index (χ0n) is 12.7. The summed E-state index contributed by atoms with van der Waals surface area (Å²) in [5.41, 5.74) is 1.85. The molecule has 0 aliphatic carbocycles. The minimum atomic E-state index is -4.54. The molecule has 0 spiro atoms. The van der Waals surface area contributed by atoms with Crippen LogP contribution in [-0.4, -0.2) is 6.18 Å². The molecule has 0 saturated carbocycles. The molecule has 0 unspecified atom stereocenters. The Morgan fingerprint density at radius 2 is 1.40 bits per heavy atom. The Morgan fingerprint density at radius 1 is 0.920 bits per heavy atom. The Kier molecular flexibility index (Phi) is 13.7. The van der Waals surface area contributed by atoms with Crippen LogP contribution in [-0.2, 0) is 13.7 Å². The number of hydrogen-bond acceptors (Lipinski definition) is 0. The molecule has 2 aromatic carbocycles. The van der Waals surface area contributed by atoms with E-state index in [1.54, 1.807) is 30.3 Å². The third-order valence-corrected chi connectivity index (χ3v) is 3.04. The summed E-state index contributed by atoms with van der Waals surface area (Å²) in [6, 6.07) is 16.0. The van der Waals surface area contributed by atoms with Gasteiger partial charge in [0.05, 0.1) is 0 Å². The van der Waals surface area contributed by atoms with Crippen molar-refractivity contribution in [1.82, 2.24) is 0 Å². The summed E-state index contributed by atoms with van der Waals surface area (Å²) >= 11 is 11.5. The Hall–Kier alpha value is -1.11. The van der Waals surface area contributed by atoms with E-state index in [-0.39, 0.29) is 12.3 Å². The van der Waals surface area contributed by atoms with Crippen LogP contribution in [0.25, 0.3) is 24.5 Å². The van der Waals surface area contributed by atoms with Gasteiger partial charge in [-0.05, 0) is 6.08 Å². The third kappa shape index (κ3) is 9.24. The zero-order chi connectivity index (χ0) is 17.3. The summed E-state index contributed by atoms with van der Waals surface area (Å²) in [4.78, 5) is 0. The maximum absolute atomic E-state index is 12.5. The molecular weight excluding hydrogens is 463 g/mol. The van der Waals surface area contributed by atoms with E-state index in [0.29, 0.717) is 11.1 Å². The van der Waals surface area contributed by atoms with Crippen LogP contribution in [0.15, 0.2) is 59.6 Å². The van der Waals surface area contributed by atoms with Gasteiger partial charge in [0, 0.05) is 0 Å². The van der Waals surface area contributed by atoms with E-state index in [4.69, 9.17) is 11.6 Å². The SMILES string of the molecule is FC(F)(F)/C(Cl)=C\c1ccccc1C=[C-]c1ccccc1.[NH2-].[NH2-].[Ni][Br]. The average molecular weight is 478 g/mol. The number of hydrogen-bond donors (Lipinski definition) is 0. The molecule has 0 aliphatic heterocycles. The number of rotatable bonds is 3. The van der Waals surface area contributed by atoms with Crippen molar-refractivity contribution in [3.8, 4) is 0 Å². The fourth-order valence-electron chi connectivity index (χ4n) is 1.69. The molecule has 0 saturated heterocycles. The molecule has 25 heavy (non-hydrogen) atoms. The summed E-state index contributed by atoms with van der Waals surface area (Å²) in [6.45, 7) is 0. The molecule has 8 heteroatoms. The first-order chi connectivity index (χ1) is 11.0. The van der Waals surface area contributed by atoms with Gasteiger partial charge in [0.15, 0.2) is 0 Å². The number of allylic oxidation sites excluding steroid dienone is 1. The van der Waals surface area contributed by atoms with Crippen LogP contribution in [0.3, 0.4) is 0 Å². The van der Waals surface area contributed by atoms with Gasteiger partial charge in [0.2, 0.25) is 0 Å². The molecule has 2 rings (SSSR count). The second kappa shape index (κ2) is 13.1. The summed E-state index contributed by atoms with van der Waals surface area (Å²) in [5.74, 6) is 0. The van der Waals surface area contributed by atoms with Crippen LogP contribution in [0.1, 0.15) is 16.7 Å². The summed E-state index contributed by atoms with van der Waals surface area (Å²) in [6.07, 6.45) is 1.05. The first kappa shape index (κ1) is 26.1. The second-order valence-electron chi connectivity index (χ2n) is 4.27. The van der Waals surface area contributed by atoms with Gasteiger partial charge < -0.3 is 12.3 Å². The minimum absolute atomic E-state index is 0. The van der Waals surface area contributed by atoms with Gasteiger partial charge in [-0.15, -0.1) is 42.0 Å². The van der Waals surface area contributed by atoms with E-state index in [9.17, 15) is 13.2 Å². The van der Waals surface area contributed by atoms with Crippen LogP contribution >= 0.6 is 25.8 Å². The molecular formula is C17H15BrClF3N2Ni-3. The van der Waals surface area contributed by atoms with E-state index >= 15 is 0 Å². The molecule has 141 valence electrons. The first-order valence-corrected chi connectivity index (χ1v) is 9.09. The molecule has 4 N–H and O–H groups in total. The molecule has 0 heterocycles. The van der Waals surface area contributed by atoms with Gasteiger partial charge in [-0.2, -0.15) is 13.2 Å². The Balaban J connectivity index is 0. The molecule has 2 nitrogen and oxygen atoms in total. The number of nitrogens with two attached hydrogens (primary N) is 2. The summed E-state index contributed by atoms with van der Waals surface area (Å²) in [5, 5.41) is -1.15. The van der Waals surface area contributed by atoms with E-state index in [1.807, 2.05) is 30.3 Å². The Labute approximate surface area is 165 Å². The maximum atomic E-state index is 12.5. The van der Waals surface area contributed by atoms with Crippen molar-refractivity contribution in [2.75, 3.05) is 0 Å². The summed E-state index contributed by atoms with van der Waals surface area (Å²) < 4.78 is 37.5. The first-order valence-electron chi connectivity index (χ1n) is 6.27. The fraction of sp³-hybridized carbons (Fsp3) is 0.0588. The molecule has 0 aliphatic rings. The van der Waals surface area contributed by atoms with Crippen molar-refractivity contribution in [2.24, 2.45) is 0 Å². The van der Waals surface area contributed by atoms with Gasteiger partial charge in [0.25, 0.3) is 0 Å². The van der Waals surface area contributed by atoms with Gasteiger partial charge in [0.1, 0.15) is 5.03 Å². The number of halogens is 5. The molecule has 0 aromatic heterocycles. The Morgan fingerprint density at radius 3 is 1.92 bits per heavy atom. The van der Waals surface area contributed by atoms with Crippen molar-refractivity contribution in [2.45, 2.75) is 6.18 Å². The van der Waals surface area contributed by atoms with Gasteiger partial charge in [-0.25, -0.2) is 0 Å². The van der Waals surface area contributed by atoms with Crippen molar-refractivity contribution < 1.29 is 26.9 Å². The van der Waals surface area contributed by atoms with E-state index in [1.165, 1.54) is 0 Å². The summed E-state index contributed by atoms with van der Waals surface area (Å²) in [7, 11) is 0. The standard InChI is InChI=1S/C17H11ClF3.BrH.2H2N.Ni/c18-16(17(19,20)21)12-15-9-5-4-8-14(15)11-10-13-6-2-1-3-7-13;;;;/h1-9,11-12H;1H;2*1H2;/q-1;;2*-1;+1/p-1/b16-12+;;;;. The van der Waals surface area contributed by atoms with Crippen molar-refractivity contribution in [1.29, 1.82) is 0 Å². The molecule has 2 aromatic rings. The molecule has 0 amide bonds. The van der Waals surface area contributed by atoms with Crippen LogP contribution < -0.4 is 0 Å². The molecule has 0 fully saturated rings. The zero-order valence-corrected chi connectivity index (χ0v) is 16.0. The van der Waals surface area contributed by atoms with Crippen LogP contribution in [0.4, 0.5) is 13.2 Å². The Bertz CT molecular complexity index is 677. The van der Waals surface area contributed by atoms with Crippen molar-refractivity contribution >= 4 is 38.0 Å². The van der Waals surface area contributed by atoms with E-state index in [2.05, 4.69) is 34.0 Å². The van der Waals surface area contributed by atoms with Crippen molar-refractivity contribution in [3.05, 3.63) is 94.7 Å². The quantitative estimate of drug-likeness (QED) is 0.244.